The molecule has 1 aromatic heterocycles. The Hall–Kier alpha value is -2.32. The smallest absolute Gasteiger partial charge is 0.341 e. The molecule has 3 rings (SSSR count). The maximum absolute atomic E-state index is 14.6. The third-order valence-electron chi connectivity index (χ3n) is 4.66. The zero-order valence-electron chi connectivity index (χ0n) is 14.3. The summed E-state index contributed by atoms with van der Waals surface area (Å²) in [7, 11) is 0. The van der Waals surface area contributed by atoms with Crippen LogP contribution < -0.4 is 4.90 Å². The number of β-amino-alcohol motifs (C(OH)–C–C–N with tert-alkyl or cyclic N) is 1. The highest BCUT2D eigenvalue weighted by Gasteiger charge is 2.32. The minimum Gasteiger partial charge on any atom is -0.462 e. The summed E-state index contributed by atoms with van der Waals surface area (Å²) in [4.78, 5) is 17.9. The van der Waals surface area contributed by atoms with E-state index in [9.17, 15) is 23.8 Å². The molecule has 0 radical (unpaired) electrons. The largest absolute Gasteiger partial charge is 0.462 e. The van der Waals surface area contributed by atoms with E-state index in [1.807, 2.05) is 0 Å². The number of aliphatic hydroxyl groups excluding tert-OH is 2. The summed E-state index contributed by atoms with van der Waals surface area (Å²) < 4.78 is 33.7. The van der Waals surface area contributed by atoms with Gasteiger partial charge < -0.3 is 19.8 Å². The molecule has 26 heavy (non-hydrogen) atoms. The quantitative estimate of drug-likeness (QED) is 0.804. The topological polar surface area (TPSA) is 82.9 Å². The van der Waals surface area contributed by atoms with Crippen LogP contribution in [-0.4, -0.2) is 53.6 Å². The number of anilines is 1. The molecular formula is C18H20F2N2O4. The van der Waals surface area contributed by atoms with Gasteiger partial charge in [0.1, 0.15) is 22.7 Å². The lowest BCUT2D eigenvalue weighted by atomic mass is 9.93. The van der Waals surface area contributed by atoms with Gasteiger partial charge in [-0.1, -0.05) is 0 Å². The molecule has 0 saturated carbocycles. The Bertz CT molecular complexity index is 830. The van der Waals surface area contributed by atoms with Crippen LogP contribution in [0.5, 0.6) is 0 Å². The van der Waals surface area contributed by atoms with Crippen molar-refractivity contribution in [1.82, 2.24) is 4.98 Å². The molecule has 1 aliphatic rings. The Labute approximate surface area is 149 Å². The van der Waals surface area contributed by atoms with Crippen molar-refractivity contribution in [3.05, 3.63) is 35.5 Å². The number of aromatic nitrogens is 1. The lowest BCUT2D eigenvalue weighted by Crippen LogP contribution is -2.45. The molecule has 0 aliphatic carbocycles. The first-order chi connectivity index (χ1) is 12.5. The van der Waals surface area contributed by atoms with Crippen LogP contribution in [-0.2, 0) is 4.74 Å². The molecule has 8 heteroatoms. The van der Waals surface area contributed by atoms with E-state index in [2.05, 4.69) is 4.98 Å². The van der Waals surface area contributed by atoms with E-state index in [0.717, 1.165) is 12.1 Å². The second-order valence-electron chi connectivity index (χ2n) is 6.24. The molecule has 2 N–H and O–H groups in total. The number of hydrogen-bond donors (Lipinski definition) is 2. The Morgan fingerprint density at radius 3 is 2.77 bits per heavy atom. The predicted octanol–water partition coefficient (Wildman–Crippen LogP) is 1.87. The number of piperidine rings is 1. The summed E-state index contributed by atoms with van der Waals surface area (Å²) in [5.41, 5.74) is -0.0220. The maximum atomic E-state index is 14.6. The molecule has 140 valence electrons. The van der Waals surface area contributed by atoms with Crippen molar-refractivity contribution in [3.8, 4) is 0 Å². The summed E-state index contributed by atoms with van der Waals surface area (Å²) in [5, 5.41) is 19.4. The van der Waals surface area contributed by atoms with Crippen LogP contribution in [0.15, 0.2) is 18.3 Å². The number of rotatable bonds is 4. The van der Waals surface area contributed by atoms with Crippen LogP contribution in [0.3, 0.4) is 0 Å². The number of pyridine rings is 1. The van der Waals surface area contributed by atoms with Crippen molar-refractivity contribution in [1.29, 1.82) is 0 Å². The third-order valence-corrected chi connectivity index (χ3v) is 4.66. The van der Waals surface area contributed by atoms with Gasteiger partial charge in [0.15, 0.2) is 0 Å². The number of hydrogen-bond acceptors (Lipinski definition) is 6. The summed E-state index contributed by atoms with van der Waals surface area (Å²) >= 11 is 0. The van der Waals surface area contributed by atoms with Crippen molar-refractivity contribution in [2.45, 2.75) is 19.4 Å². The Morgan fingerprint density at radius 1 is 1.38 bits per heavy atom. The summed E-state index contributed by atoms with van der Waals surface area (Å²) in [5.74, 6) is -2.41. The lowest BCUT2D eigenvalue weighted by molar-refractivity contribution is 0.0509. The maximum Gasteiger partial charge on any atom is 0.341 e. The number of nitrogens with zero attached hydrogens (tertiary/aromatic N) is 2. The van der Waals surface area contributed by atoms with Crippen LogP contribution in [0.25, 0.3) is 10.9 Å². The molecular weight excluding hydrogens is 346 g/mol. The van der Waals surface area contributed by atoms with Gasteiger partial charge >= 0.3 is 5.97 Å². The van der Waals surface area contributed by atoms with E-state index in [0.29, 0.717) is 13.0 Å². The number of esters is 1. The summed E-state index contributed by atoms with van der Waals surface area (Å²) in [6.45, 7) is 2.04. The van der Waals surface area contributed by atoms with Crippen LogP contribution >= 0.6 is 0 Å². The van der Waals surface area contributed by atoms with Gasteiger partial charge in [-0.25, -0.2) is 13.6 Å². The second-order valence-corrected chi connectivity index (χ2v) is 6.24. The number of carbonyl (C=O) groups is 1. The van der Waals surface area contributed by atoms with Crippen molar-refractivity contribution >= 4 is 22.6 Å². The van der Waals surface area contributed by atoms with Gasteiger partial charge in [0.05, 0.1) is 23.8 Å². The van der Waals surface area contributed by atoms with Crippen LogP contribution in [0, 0.1) is 17.6 Å². The molecule has 1 aliphatic heterocycles. The SMILES string of the molecule is CCOC(=O)c1cnc2c(F)ccc(F)c2c1N1CCC(CO)C(O)C1. The predicted molar refractivity (Wildman–Crippen MR) is 91.0 cm³/mol. The number of fused-ring (bicyclic) bond motifs is 1. The molecule has 2 aromatic rings. The fourth-order valence-corrected chi connectivity index (χ4v) is 3.30. The van der Waals surface area contributed by atoms with Crippen molar-refractivity contribution in [2.24, 2.45) is 5.92 Å². The molecule has 2 atom stereocenters. The van der Waals surface area contributed by atoms with Gasteiger partial charge in [-0.2, -0.15) is 0 Å². The monoisotopic (exact) mass is 366 g/mol. The lowest BCUT2D eigenvalue weighted by Gasteiger charge is -2.37. The molecule has 6 nitrogen and oxygen atoms in total. The van der Waals surface area contributed by atoms with Crippen molar-refractivity contribution < 1.29 is 28.5 Å². The van der Waals surface area contributed by atoms with Gasteiger partial charge in [-0.05, 0) is 25.5 Å². The zero-order valence-corrected chi connectivity index (χ0v) is 14.3. The van der Waals surface area contributed by atoms with E-state index in [1.54, 1.807) is 11.8 Å². The average Bonchev–Trinajstić information content (AvgIpc) is 2.64. The molecule has 0 spiro atoms. The molecule has 2 heterocycles. The Kier molecular flexibility index (Phi) is 5.33. The summed E-state index contributed by atoms with van der Waals surface area (Å²) in [6.07, 6.45) is 0.757. The molecule has 1 fully saturated rings. The highest BCUT2D eigenvalue weighted by molar-refractivity contribution is 6.05. The minimum absolute atomic E-state index is 0.0125. The van der Waals surface area contributed by atoms with Crippen LogP contribution in [0.2, 0.25) is 0 Å². The number of carbonyl (C=O) groups excluding carboxylic acids is 1. The van der Waals surface area contributed by atoms with Gasteiger partial charge in [-0.15, -0.1) is 0 Å². The van der Waals surface area contributed by atoms with E-state index >= 15 is 0 Å². The molecule has 1 aromatic carbocycles. The third kappa shape index (κ3) is 3.22. The van der Waals surface area contributed by atoms with E-state index < -0.39 is 23.7 Å². The molecule has 0 amide bonds. The number of ether oxygens (including phenoxy) is 1. The van der Waals surface area contributed by atoms with Crippen molar-refractivity contribution in [2.75, 3.05) is 31.2 Å². The van der Waals surface area contributed by atoms with E-state index in [4.69, 9.17) is 4.74 Å². The molecule has 0 bridgehead atoms. The van der Waals surface area contributed by atoms with Gasteiger partial charge in [-0.3, -0.25) is 4.98 Å². The number of benzene rings is 1. The zero-order chi connectivity index (χ0) is 18.8. The van der Waals surface area contributed by atoms with Crippen molar-refractivity contribution in [3.63, 3.8) is 0 Å². The fourth-order valence-electron chi connectivity index (χ4n) is 3.30. The minimum atomic E-state index is -0.858. The second kappa shape index (κ2) is 7.51. The Balaban J connectivity index is 2.18. The molecule has 2 unspecified atom stereocenters. The fraction of sp³-hybridized carbons (Fsp3) is 0.444. The Morgan fingerprint density at radius 2 is 2.12 bits per heavy atom. The first kappa shape index (κ1) is 18.5. The highest BCUT2D eigenvalue weighted by Crippen LogP contribution is 2.35. The van der Waals surface area contributed by atoms with Gasteiger partial charge in [0.2, 0.25) is 0 Å². The average molecular weight is 366 g/mol. The first-order valence-corrected chi connectivity index (χ1v) is 8.45. The van der Waals surface area contributed by atoms with E-state index in [-0.39, 0.29) is 47.8 Å². The summed E-state index contributed by atoms with van der Waals surface area (Å²) in [6, 6.07) is 1.96. The van der Waals surface area contributed by atoms with Crippen LogP contribution in [0.4, 0.5) is 14.5 Å². The standard InChI is InChI=1S/C18H20F2N2O4/c1-2-26-18(25)11-7-21-16-13(20)4-3-12(19)15(16)17(11)22-6-5-10(9-23)14(24)8-22/h3-4,7,10,14,23-24H,2,5-6,8-9H2,1H3. The van der Waals surface area contributed by atoms with Gasteiger partial charge in [0, 0.05) is 31.8 Å². The normalized spacial score (nSPS) is 20.4. The van der Waals surface area contributed by atoms with Crippen LogP contribution in [0.1, 0.15) is 23.7 Å². The molecule has 1 saturated heterocycles. The first-order valence-electron chi connectivity index (χ1n) is 8.45. The van der Waals surface area contributed by atoms with Gasteiger partial charge in [0.25, 0.3) is 0 Å². The van der Waals surface area contributed by atoms with E-state index in [1.165, 1.54) is 6.20 Å². The highest BCUT2D eigenvalue weighted by atomic mass is 19.1. The number of halogens is 2. The number of aliphatic hydroxyl groups is 2.